The maximum Gasteiger partial charge on any atom is 0.298 e. The van der Waals surface area contributed by atoms with Gasteiger partial charge in [0, 0.05) is 5.69 Å². The third-order valence-electron chi connectivity index (χ3n) is 4.64. The summed E-state index contributed by atoms with van der Waals surface area (Å²) in [4.78, 5) is 19.9. The van der Waals surface area contributed by atoms with E-state index in [0.29, 0.717) is 6.61 Å². The smallest absolute Gasteiger partial charge is 0.298 e. The van der Waals surface area contributed by atoms with Crippen molar-refractivity contribution in [3.8, 4) is 11.4 Å². The Morgan fingerprint density at radius 1 is 1.07 bits per heavy atom. The van der Waals surface area contributed by atoms with Crippen LogP contribution in [0.1, 0.15) is 0 Å². The number of hydrogen-bond donors (Lipinski definition) is 1. The molecule has 2 aromatic heterocycles. The van der Waals surface area contributed by atoms with Crippen LogP contribution in [0.15, 0.2) is 64.8 Å². The number of rotatable bonds is 2. The number of nitrogen functional groups attached to an aromatic ring is 1. The largest absolute Gasteiger partial charge is 0.490 e. The fraction of sp³-hybridized carbons (Fsp3) is 0.100. The number of thiophene rings is 1. The molecule has 134 valence electrons. The maximum atomic E-state index is 12.7. The molecule has 6 nitrogen and oxygen atoms in total. The number of nitrogens with zero attached hydrogens (tertiary/aromatic N) is 3. The first-order valence-corrected chi connectivity index (χ1v) is 9.46. The summed E-state index contributed by atoms with van der Waals surface area (Å²) < 4.78 is 7.45. The lowest BCUT2D eigenvalue weighted by atomic mass is 10.1. The van der Waals surface area contributed by atoms with Gasteiger partial charge in [0.1, 0.15) is 17.2 Å². The van der Waals surface area contributed by atoms with Gasteiger partial charge in [-0.3, -0.25) is 9.36 Å². The van der Waals surface area contributed by atoms with Gasteiger partial charge in [-0.25, -0.2) is 4.98 Å². The molecule has 0 saturated heterocycles. The van der Waals surface area contributed by atoms with Gasteiger partial charge in [0.05, 0.1) is 23.4 Å². The molecule has 0 spiro atoms. The zero-order valence-corrected chi connectivity index (χ0v) is 15.1. The van der Waals surface area contributed by atoms with Crippen molar-refractivity contribution in [3.63, 3.8) is 0 Å². The monoisotopic (exact) mass is 376 g/mol. The highest BCUT2D eigenvalue weighted by atomic mass is 32.1. The fourth-order valence-electron chi connectivity index (χ4n) is 3.41. The van der Waals surface area contributed by atoms with Crippen LogP contribution in [0.3, 0.4) is 0 Å². The molecule has 0 fully saturated rings. The predicted octanol–water partition coefficient (Wildman–Crippen LogP) is 3.56. The highest BCUT2D eigenvalue weighted by Gasteiger charge is 2.21. The lowest BCUT2D eigenvalue weighted by Gasteiger charge is -2.31. The second-order valence-corrected chi connectivity index (χ2v) is 7.13. The SMILES string of the molecule is Nc1nc2sccc2n(-c2ccc3c(c2)N(c2ccccc2)CCO3)c1=O. The third kappa shape index (κ3) is 2.55. The van der Waals surface area contributed by atoms with Crippen LogP contribution in [0.2, 0.25) is 0 Å². The van der Waals surface area contributed by atoms with Crippen molar-refractivity contribution in [1.29, 1.82) is 0 Å². The molecule has 2 N–H and O–H groups in total. The molecule has 1 aliphatic rings. The van der Waals surface area contributed by atoms with Crippen LogP contribution < -0.4 is 20.9 Å². The fourth-order valence-corrected chi connectivity index (χ4v) is 4.16. The summed E-state index contributed by atoms with van der Waals surface area (Å²) in [7, 11) is 0. The van der Waals surface area contributed by atoms with Crippen LogP contribution in [0.4, 0.5) is 17.2 Å². The molecule has 1 aliphatic heterocycles. The molecular formula is C20H16N4O2S. The average Bonchev–Trinajstić information content (AvgIpc) is 3.16. The van der Waals surface area contributed by atoms with Crippen molar-refractivity contribution < 1.29 is 4.74 Å². The van der Waals surface area contributed by atoms with E-state index in [1.807, 2.05) is 47.8 Å². The number of aromatic nitrogens is 2. The molecule has 0 bridgehead atoms. The van der Waals surface area contributed by atoms with E-state index in [1.54, 1.807) is 4.57 Å². The number of anilines is 3. The van der Waals surface area contributed by atoms with Crippen molar-refractivity contribution in [2.24, 2.45) is 0 Å². The molecule has 0 amide bonds. The number of para-hydroxylation sites is 1. The average molecular weight is 376 g/mol. The van der Waals surface area contributed by atoms with Crippen molar-refractivity contribution in [2.75, 3.05) is 23.8 Å². The van der Waals surface area contributed by atoms with Gasteiger partial charge in [-0.15, -0.1) is 11.3 Å². The Kier molecular flexibility index (Phi) is 3.61. The lowest BCUT2D eigenvalue weighted by Crippen LogP contribution is -2.29. The number of nitrogens with two attached hydrogens (primary N) is 1. The van der Waals surface area contributed by atoms with Crippen LogP contribution in [0.25, 0.3) is 16.0 Å². The molecule has 0 saturated carbocycles. The van der Waals surface area contributed by atoms with Crippen LogP contribution in [0.5, 0.6) is 5.75 Å². The first-order chi connectivity index (χ1) is 13.2. The molecule has 0 unspecified atom stereocenters. The van der Waals surface area contributed by atoms with Crippen molar-refractivity contribution in [3.05, 3.63) is 70.3 Å². The van der Waals surface area contributed by atoms with E-state index in [-0.39, 0.29) is 11.4 Å². The summed E-state index contributed by atoms with van der Waals surface area (Å²) in [5.41, 5.74) is 9.05. The molecule has 2 aromatic carbocycles. The van der Waals surface area contributed by atoms with Gasteiger partial charge in [0.15, 0.2) is 5.82 Å². The van der Waals surface area contributed by atoms with Crippen LogP contribution in [-0.2, 0) is 0 Å². The number of benzene rings is 2. The molecule has 0 radical (unpaired) electrons. The highest BCUT2D eigenvalue weighted by Crippen LogP contribution is 2.38. The van der Waals surface area contributed by atoms with Crippen molar-refractivity contribution >= 4 is 38.9 Å². The summed E-state index contributed by atoms with van der Waals surface area (Å²) in [5.74, 6) is 0.796. The Balaban J connectivity index is 1.72. The van der Waals surface area contributed by atoms with E-state index in [2.05, 4.69) is 22.0 Å². The standard InChI is InChI=1S/C20H16N4O2S/c21-18-20(25)24(15-8-11-27-19(15)22-18)14-6-7-17-16(12-14)23(9-10-26-17)13-4-2-1-3-5-13/h1-8,11-12H,9-10H2,(H2,21,22). The second-order valence-electron chi connectivity index (χ2n) is 6.24. The Bertz CT molecular complexity index is 1200. The molecule has 4 aromatic rings. The van der Waals surface area contributed by atoms with E-state index in [0.717, 1.165) is 39.7 Å². The van der Waals surface area contributed by atoms with Crippen LogP contribution in [-0.4, -0.2) is 22.7 Å². The summed E-state index contributed by atoms with van der Waals surface area (Å²) in [6.07, 6.45) is 0. The minimum atomic E-state index is -0.316. The lowest BCUT2D eigenvalue weighted by molar-refractivity contribution is 0.314. The van der Waals surface area contributed by atoms with Gasteiger partial charge < -0.3 is 15.4 Å². The van der Waals surface area contributed by atoms with Gasteiger partial charge in [-0.1, -0.05) is 18.2 Å². The molecule has 27 heavy (non-hydrogen) atoms. The Hall–Kier alpha value is -3.32. The topological polar surface area (TPSA) is 73.4 Å². The molecule has 0 atom stereocenters. The Morgan fingerprint density at radius 2 is 1.93 bits per heavy atom. The van der Waals surface area contributed by atoms with Gasteiger partial charge in [0.2, 0.25) is 0 Å². The molecule has 3 heterocycles. The van der Waals surface area contributed by atoms with Gasteiger partial charge in [-0.05, 0) is 41.8 Å². The normalized spacial score (nSPS) is 13.4. The van der Waals surface area contributed by atoms with Gasteiger partial charge in [-0.2, -0.15) is 0 Å². The van der Waals surface area contributed by atoms with E-state index in [4.69, 9.17) is 10.5 Å². The summed E-state index contributed by atoms with van der Waals surface area (Å²) >= 11 is 1.46. The molecule has 7 heteroatoms. The van der Waals surface area contributed by atoms with E-state index in [1.165, 1.54) is 11.3 Å². The minimum Gasteiger partial charge on any atom is -0.490 e. The van der Waals surface area contributed by atoms with E-state index < -0.39 is 0 Å². The first-order valence-electron chi connectivity index (χ1n) is 8.58. The van der Waals surface area contributed by atoms with Crippen LogP contribution in [0, 0.1) is 0 Å². The number of hydrogen-bond acceptors (Lipinski definition) is 6. The molecular weight excluding hydrogens is 360 g/mol. The maximum absolute atomic E-state index is 12.7. The van der Waals surface area contributed by atoms with Crippen molar-refractivity contribution in [1.82, 2.24) is 9.55 Å². The summed E-state index contributed by atoms with van der Waals surface area (Å²) in [6, 6.07) is 17.8. The van der Waals surface area contributed by atoms with Crippen LogP contribution >= 0.6 is 11.3 Å². The highest BCUT2D eigenvalue weighted by molar-refractivity contribution is 7.16. The van der Waals surface area contributed by atoms with Gasteiger partial charge in [0.25, 0.3) is 5.56 Å². The van der Waals surface area contributed by atoms with E-state index >= 15 is 0 Å². The number of fused-ring (bicyclic) bond motifs is 2. The molecule has 5 rings (SSSR count). The Labute approximate surface area is 159 Å². The minimum absolute atomic E-state index is 0.00108. The summed E-state index contributed by atoms with van der Waals surface area (Å²) in [5, 5.41) is 1.91. The Morgan fingerprint density at radius 3 is 2.78 bits per heavy atom. The first kappa shape index (κ1) is 15.9. The quantitative estimate of drug-likeness (QED) is 0.579. The zero-order valence-electron chi connectivity index (χ0n) is 14.3. The van der Waals surface area contributed by atoms with Gasteiger partial charge >= 0.3 is 0 Å². The van der Waals surface area contributed by atoms with Crippen molar-refractivity contribution in [2.45, 2.75) is 0 Å². The predicted molar refractivity (Wildman–Crippen MR) is 109 cm³/mol. The summed E-state index contributed by atoms with van der Waals surface area (Å²) in [6.45, 7) is 1.35. The molecule has 0 aliphatic carbocycles. The zero-order chi connectivity index (χ0) is 18.4. The van der Waals surface area contributed by atoms with E-state index in [9.17, 15) is 4.79 Å². The number of ether oxygens (including phenoxy) is 1. The third-order valence-corrected chi connectivity index (χ3v) is 5.44. The second kappa shape index (κ2) is 6.14.